The first-order valence-corrected chi connectivity index (χ1v) is 4.62. The lowest BCUT2D eigenvalue weighted by Crippen LogP contribution is -2.41. The average Bonchev–Trinajstić information content (AvgIpc) is 1.85. The van der Waals surface area contributed by atoms with Crippen LogP contribution in [0.15, 0.2) is 0 Å². The summed E-state index contributed by atoms with van der Waals surface area (Å²) in [5.74, 6) is 0. The molecule has 0 aromatic carbocycles. The predicted octanol–water partition coefficient (Wildman–Crippen LogP) is 1.71. The largest absolute Gasteiger partial charge is 0.393 e. The van der Waals surface area contributed by atoms with E-state index in [0.29, 0.717) is 12.1 Å². The Bertz CT molecular complexity index is 117. The molecule has 0 amide bonds. The third-order valence-electron chi connectivity index (χ3n) is 2.34. The lowest BCUT2D eigenvalue weighted by Gasteiger charge is -2.29. The molecule has 1 aliphatic rings. The highest BCUT2D eigenvalue weighted by atomic mass is 35.5. The molecule has 12 heavy (non-hydrogen) atoms. The minimum Gasteiger partial charge on any atom is -0.393 e. The van der Waals surface area contributed by atoms with Gasteiger partial charge in [-0.1, -0.05) is 6.42 Å². The second-order valence-corrected chi connectivity index (χ2v) is 3.78. The zero-order valence-electron chi connectivity index (χ0n) is 7.92. The number of aliphatic hydroxyl groups excluding tert-OH is 1. The molecular weight excluding hydrogens is 174 g/mol. The van der Waals surface area contributed by atoms with E-state index >= 15 is 0 Å². The van der Waals surface area contributed by atoms with Crippen molar-refractivity contribution in [1.82, 2.24) is 5.32 Å². The van der Waals surface area contributed by atoms with Gasteiger partial charge >= 0.3 is 0 Å². The van der Waals surface area contributed by atoms with Crippen molar-refractivity contribution in [1.29, 1.82) is 0 Å². The van der Waals surface area contributed by atoms with Crippen LogP contribution in [0.3, 0.4) is 0 Å². The van der Waals surface area contributed by atoms with Crippen LogP contribution < -0.4 is 5.32 Å². The quantitative estimate of drug-likeness (QED) is 0.700. The maximum Gasteiger partial charge on any atom is 0.0526 e. The molecule has 1 fully saturated rings. The smallest absolute Gasteiger partial charge is 0.0526 e. The summed E-state index contributed by atoms with van der Waals surface area (Å²) in [7, 11) is 0. The van der Waals surface area contributed by atoms with Gasteiger partial charge in [-0.15, -0.1) is 12.4 Å². The number of piperidine rings is 1. The summed E-state index contributed by atoms with van der Waals surface area (Å²) in [4.78, 5) is 0. The van der Waals surface area contributed by atoms with Crippen molar-refractivity contribution >= 4 is 12.4 Å². The first kappa shape index (κ1) is 12.2. The van der Waals surface area contributed by atoms with Gasteiger partial charge in [-0.3, -0.25) is 0 Å². The molecule has 0 aromatic heterocycles. The van der Waals surface area contributed by atoms with E-state index in [1.54, 1.807) is 0 Å². The van der Waals surface area contributed by atoms with E-state index in [0.717, 1.165) is 6.42 Å². The highest BCUT2D eigenvalue weighted by Gasteiger charge is 2.18. The number of halogens is 1. The van der Waals surface area contributed by atoms with Crippen LogP contribution in [0.4, 0.5) is 0 Å². The van der Waals surface area contributed by atoms with E-state index in [2.05, 4.69) is 12.2 Å². The monoisotopic (exact) mass is 193 g/mol. The normalized spacial score (nSPS) is 32.2. The Morgan fingerprint density at radius 3 is 2.67 bits per heavy atom. The summed E-state index contributed by atoms with van der Waals surface area (Å²) in [6.07, 6.45) is 4.58. The molecule has 3 heteroatoms. The molecule has 1 rings (SSSR count). The van der Waals surface area contributed by atoms with Gasteiger partial charge in [0.1, 0.15) is 0 Å². The molecule has 1 saturated heterocycles. The van der Waals surface area contributed by atoms with Crippen LogP contribution in [0, 0.1) is 0 Å². The number of rotatable bonds is 2. The van der Waals surface area contributed by atoms with Crippen molar-refractivity contribution in [3.63, 3.8) is 0 Å². The van der Waals surface area contributed by atoms with Gasteiger partial charge in [-0.2, -0.15) is 0 Å². The molecular formula is C9H20ClNO. The van der Waals surface area contributed by atoms with Crippen molar-refractivity contribution in [2.75, 3.05) is 0 Å². The minimum atomic E-state index is -0.155. The molecule has 1 aliphatic heterocycles. The van der Waals surface area contributed by atoms with Gasteiger partial charge < -0.3 is 10.4 Å². The standard InChI is InChI=1S/C9H19NO.ClH/c1-7-4-3-5-9(10-7)6-8(2)11;/h7-11H,3-6H2,1-2H3;1H. The molecule has 1 heterocycles. The Hall–Kier alpha value is 0.210. The van der Waals surface area contributed by atoms with E-state index < -0.39 is 0 Å². The predicted molar refractivity (Wildman–Crippen MR) is 53.8 cm³/mol. The first-order chi connectivity index (χ1) is 5.18. The van der Waals surface area contributed by atoms with Gasteiger partial charge in [0.05, 0.1) is 6.10 Å². The summed E-state index contributed by atoms with van der Waals surface area (Å²) in [6.45, 7) is 4.08. The molecule has 0 spiro atoms. The van der Waals surface area contributed by atoms with Gasteiger partial charge in [0.15, 0.2) is 0 Å². The maximum atomic E-state index is 9.15. The molecule has 0 aromatic rings. The fourth-order valence-electron chi connectivity index (χ4n) is 1.84. The zero-order chi connectivity index (χ0) is 8.27. The van der Waals surface area contributed by atoms with Crippen LogP contribution in [-0.2, 0) is 0 Å². The number of hydrogen-bond acceptors (Lipinski definition) is 2. The number of aliphatic hydroxyl groups is 1. The highest BCUT2D eigenvalue weighted by Crippen LogP contribution is 2.15. The number of nitrogens with one attached hydrogen (secondary N) is 1. The molecule has 3 unspecified atom stereocenters. The van der Waals surface area contributed by atoms with Crippen LogP contribution in [0.5, 0.6) is 0 Å². The van der Waals surface area contributed by atoms with Gasteiger partial charge in [-0.25, -0.2) is 0 Å². The Labute approximate surface area is 81.2 Å². The lowest BCUT2D eigenvalue weighted by atomic mass is 9.96. The van der Waals surface area contributed by atoms with Crippen LogP contribution >= 0.6 is 12.4 Å². The topological polar surface area (TPSA) is 32.3 Å². The van der Waals surface area contributed by atoms with Gasteiger partial charge in [-0.05, 0) is 33.1 Å². The van der Waals surface area contributed by atoms with Crippen molar-refractivity contribution in [2.45, 2.75) is 57.7 Å². The fourth-order valence-corrected chi connectivity index (χ4v) is 1.84. The van der Waals surface area contributed by atoms with E-state index in [-0.39, 0.29) is 18.5 Å². The Balaban J connectivity index is 0.00000121. The summed E-state index contributed by atoms with van der Waals surface area (Å²) in [5, 5.41) is 12.6. The molecule has 2 N–H and O–H groups in total. The van der Waals surface area contributed by atoms with Gasteiger partial charge in [0.25, 0.3) is 0 Å². The summed E-state index contributed by atoms with van der Waals surface area (Å²) < 4.78 is 0. The fraction of sp³-hybridized carbons (Fsp3) is 1.00. The minimum absolute atomic E-state index is 0. The summed E-state index contributed by atoms with van der Waals surface area (Å²) >= 11 is 0. The Kier molecular flexibility index (Phi) is 5.89. The maximum absolute atomic E-state index is 9.15. The van der Waals surface area contributed by atoms with E-state index in [4.69, 9.17) is 5.11 Å². The summed E-state index contributed by atoms with van der Waals surface area (Å²) in [6, 6.07) is 1.20. The van der Waals surface area contributed by atoms with Crippen molar-refractivity contribution in [2.24, 2.45) is 0 Å². The van der Waals surface area contributed by atoms with Crippen molar-refractivity contribution in [3.05, 3.63) is 0 Å². The lowest BCUT2D eigenvalue weighted by molar-refractivity contribution is 0.154. The van der Waals surface area contributed by atoms with Crippen molar-refractivity contribution in [3.8, 4) is 0 Å². The molecule has 2 nitrogen and oxygen atoms in total. The van der Waals surface area contributed by atoms with Gasteiger partial charge in [0, 0.05) is 12.1 Å². The summed E-state index contributed by atoms with van der Waals surface area (Å²) in [5.41, 5.74) is 0. The van der Waals surface area contributed by atoms with E-state index in [9.17, 15) is 0 Å². The second-order valence-electron chi connectivity index (χ2n) is 3.78. The average molecular weight is 194 g/mol. The second kappa shape index (κ2) is 5.79. The molecule has 3 atom stereocenters. The highest BCUT2D eigenvalue weighted by molar-refractivity contribution is 5.85. The van der Waals surface area contributed by atoms with Crippen LogP contribution in [-0.4, -0.2) is 23.3 Å². The van der Waals surface area contributed by atoms with Gasteiger partial charge in [0.2, 0.25) is 0 Å². The SMILES string of the molecule is CC(O)CC1CCCC(C)N1.Cl. The van der Waals surface area contributed by atoms with E-state index in [1.165, 1.54) is 19.3 Å². The molecule has 74 valence electrons. The molecule has 0 aliphatic carbocycles. The molecule has 0 bridgehead atoms. The third-order valence-corrected chi connectivity index (χ3v) is 2.34. The van der Waals surface area contributed by atoms with E-state index in [1.807, 2.05) is 6.92 Å². The third kappa shape index (κ3) is 4.29. The van der Waals surface area contributed by atoms with Crippen LogP contribution in [0.1, 0.15) is 39.5 Å². The Morgan fingerprint density at radius 2 is 2.17 bits per heavy atom. The Morgan fingerprint density at radius 1 is 1.50 bits per heavy atom. The van der Waals surface area contributed by atoms with Crippen molar-refractivity contribution < 1.29 is 5.11 Å². The zero-order valence-corrected chi connectivity index (χ0v) is 8.73. The first-order valence-electron chi connectivity index (χ1n) is 4.62. The number of hydrogen-bond donors (Lipinski definition) is 2. The molecule has 0 radical (unpaired) electrons. The van der Waals surface area contributed by atoms with Crippen LogP contribution in [0.25, 0.3) is 0 Å². The van der Waals surface area contributed by atoms with Crippen LogP contribution in [0.2, 0.25) is 0 Å². The molecule has 0 saturated carbocycles.